The van der Waals surface area contributed by atoms with Crippen molar-refractivity contribution in [3.63, 3.8) is 0 Å². The van der Waals surface area contributed by atoms with Crippen molar-refractivity contribution in [2.75, 3.05) is 37.4 Å². The Bertz CT molecular complexity index is 895. The van der Waals surface area contributed by atoms with Crippen LogP contribution in [-0.2, 0) is 11.3 Å². The van der Waals surface area contributed by atoms with Gasteiger partial charge >= 0.3 is 0 Å². The summed E-state index contributed by atoms with van der Waals surface area (Å²) < 4.78 is 5.40. The van der Waals surface area contributed by atoms with Crippen molar-refractivity contribution in [1.82, 2.24) is 14.9 Å². The molecular formula is C21H23N5OS. The topological polar surface area (TPSA) is 76.3 Å². The first-order valence-corrected chi connectivity index (χ1v) is 10.1. The standard InChI is InChI=1S/C21H23N5OS/c22-17-3-7-19(8-4-17)28-20-9-10-23-21(25-20)24-18-5-1-16(2-6-18)15-26-11-13-27-14-12-26/h1-10H,11-15,22H2,(H,23,24,25). The molecule has 144 valence electrons. The number of ether oxygens (including phenoxy) is 1. The van der Waals surface area contributed by atoms with E-state index in [1.54, 1.807) is 18.0 Å². The maximum atomic E-state index is 5.74. The van der Waals surface area contributed by atoms with Crippen LogP contribution in [0.4, 0.5) is 17.3 Å². The Morgan fingerprint density at radius 2 is 1.75 bits per heavy atom. The van der Waals surface area contributed by atoms with Crippen LogP contribution in [0.1, 0.15) is 5.56 Å². The smallest absolute Gasteiger partial charge is 0.228 e. The third-order valence-electron chi connectivity index (χ3n) is 4.45. The Hall–Kier alpha value is -2.61. The summed E-state index contributed by atoms with van der Waals surface area (Å²) in [4.78, 5) is 12.4. The van der Waals surface area contributed by atoms with E-state index >= 15 is 0 Å². The van der Waals surface area contributed by atoms with Crippen LogP contribution in [0.25, 0.3) is 0 Å². The highest BCUT2D eigenvalue weighted by atomic mass is 32.2. The minimum atomic E-state index is 0.585. The second kappa shape index (κ2) is 9.05. The van der Waals surface area contributed by atoms with Crippen molar-refractivity contribution >= 4 is 29.1 Å². The van der Waals surface area contributed by atoms with Crippen molar-refractivity contribution in [1.29, 1.82) is 0 Å². The van der Waals surface area contributed by atoms with Crippen LogP contribution in [-0.4, -0.2) is 41.2 Å². The predicted molar refractivity (Wildman–Crippen MR) is 113 cm³/mol. The first kappa shape index (κ1) is 18.7. The van der Waals surface area contributed by atoms with Crippen LogP contribution < -0.4 is 11.1 Å². The van der Waals surface area contributed by atoms with Gasteiger partial charge in [0.2, 0.25) is 5.95 Å². The van der Waals surface area contributed by atoms with E-state index in [9.17, 15) is 0 Å². The van der Waals surface area contributed by atoms with E-state index in [1.807, 2.05) is 30.3 Å². The molecule has 0 amide bonds. The normalized spacial score (nSPS) is 14.7. The van der Waals surface area contributed by atoms with Crippen LogP contribution in [0.3, 0.4) is 0 Å². The fourth-order valence-electron chi connectivity index (χ4n) is 2.96. The number of nitrogen functional groups attached to an aromatic ring is 1. The van der Waals surface area contributed by atoms with Gasteiger partial charge in [-0.25, -0.2) is 9.97 Å². The van der Waals surface area contributed by atoms with Gasteiger partial charge in [-0.2, -0.15) is 0 Å². The number of nitrogens with two attached hydrogens (primary N) is 1. The SMILES string of the molecule is Nc1ccc(Sc2ccnc(Nc3ccc(CN4CCOCC4)cc3)n2)cc1. The third-order valence-corrected chi connectivity index (χ3v) is 5.40. The molecule has 0 spiro atoms. The van der Waals surface area contributed by atoms with Crippen molar-refractivity contribution < 1.29 is 4.74 Å². The Balaban J connectivity index is 1.37. The monoisotopic (exact) mass is 393 g/mol. The number of anilines is 3. The average Bonchev–Trinajstić information content (AvgIpc) is 2.72. The number of nitrogens with one attached hydrogen (secondary N) is 1. The summed E-state index contributed by atoms with van der Waals surface area (Å²) in [5.41, 5.74) is 8.76. The number of hydrogen-bond donors (Lipinski definition) is 2. The molecular weight excluding hydrogens is 370 g/mol. The molecule has 1 aromatic heterocycles. The fraction of sp³-hybridized carbons (Fsp3) is 0.238. The number of nitrogens with zero attached hydrogens (tertiary/aromatic N) is 3. The molecule has 0 unspecified atom stereocenters. The maximum Gasteiger partial charge on any atom is 0.228 e. The Labute approximate surface area is 169 Å². The maximum absolute atomic E-state index is 5.74. The molecule has 28 heavy (non-hydrogen) atoms. The predicted octanol–water partition coefficient (Wildman–Crippen LogP) is 3.79. The molecule has 1 saturated heterocycles. The number of aromatic nitrogens is 2. The van der Waals surface area contributed by atoms with Crippen molar-refractivity contribution in [2.45, 2.75) is 16.5 Å². The molecule has 2 heterocycles. The molecule has 0 atom stereocenters. The van der Waals surface area contributed by atoms with Gasteiger partial charge in [-0.15, -0.1) is 0 Å². The summed E-state index contributed by atoms with van der Waals surface area (Å²) in [5, 5.41) is 4.16. The molecule has 4 rings (SSSR count). The second-order valence-corrected chi connectivity index (χ2v) is 7.69. The lowest BCUT2D eigenvalue weighted by Crippen LogP contribution is -2.35. The Kier molecular flexibility index (Phi) is 6.06. The van der Waals surface area contributed by atoms with Crippen LogP contribution in [0, 0.1) is 0 Å². The van der Waals surface area contributed by atoms with Gasteiger partial charge in [-0.1, -0.05) is 23.9 Å². The molecule has 3 N–H and O–H groups in total. The van der Waals surface area contributed by atoms with Gasteiger partial charge in [0.1, 0.15) is 5.03 Å². The summed E-state index contributed by atoms with van der Waals surface area (Å²) in [7, 11) is 0. The molecule has 1 fully saturated rings. The zero-order valence-electron chi connectivity index (χ0n) is 15.5. The number of rotatable bonds is 6. The summed E-state index contributed by atoms with van der Waals surface area (Å²) in [5.74, 6) is 0.585. The molecule has 2 aromatic carbocycles. The largest absolute Gasteiger partial charge is 0.399 e. The molecule has 7 heteroatoms. The molecule has 1 aliphatic rings. The van der Waals surface area contributed by atoms with Crippen LogP contribution in [0.15, 0.2) is 70.7 Å². The Morgan fingerprint density at radius 1 is 1.00 bits per heavy atom. The summed E-state index contributed by atoms with van der Waals surface area (Å²) >= 11 is 1.58. The van der Waals surface area contributed by atoms with Gasteiger partial charge in [0.05, 0.1) is 13.2 Å². The highest BCUT2D eigenvalue weighted by molar-refractivity contribution is 7.99. The Morgan fingerprint density at radius 3 is 2.50 bits per heavy atom. The molecule has 6 nitrogen and oxygen atoms in total. The summed E-state index contributed by atoms with van der Waals surface area (Å²) in [6.07, 6.45) is 1.77. The number of hydrogen-bond acceptors (Lipinski definition) is 7. The number of morpholine rings is 1. The van der Waals surface area contributed by atoms with E-state index in [1.165, 1.54) is 5.56 Å². The lowest BCUT2D eigenvalue weighted by Gasteiger charge is -2.26. The van der Waals surface area contributed by atoms with Crippen molar-refractivity contribution in [3.8, 4) is 0 Å². The van der Waals surface area contributed by atoms with Gasteiger partial charge < -0.3 is 15.8 Å². The second-order valence-electron chi connectivity index (χ2n) is 6.60. The quantitative estimate of drug-likeness (QED) is 0.487. The molecule has 0 radical (unpaired) electrons. The lowest BCUT2D eigenvalue weighted by atomic mass is 10.2. The minimum absolute atomic E-state index is 0.585. The first-order valence-electron chi connectivity index (χ1n) is 9.27. The van der Waals surface area contributed by atoms with Crippen molar-refractivity contribution in [3.05, 3.63) is 66.4 Å². The average molecular weight is 394 g/mol. The molecule has 0 bridgehead atoms. The van der Waals surface area contributed by atoms with Gasteiger partial charge in [0, 0.05) is 42.1 Å². The van der Waals surface area contributed by atoms with Crippen LogP contribution in [0.5, 0.6) is 0 Å². The zero-order chi connectivity index (χ0) is 19.2. The van der Waals surface area contributed by atoms with Crippen LogP contribution >= 0.6 is 11.8 Å². The van der Waals surface area contributed by atoms with Gasteiger partial charge in [-0.05, 0) is 48.0 Å². The molecule has 3 aromatic rings. The van der Waals surface area contributed by atoms with E-state index in [0.29, 0.717) is 5.95 Å². The lowest BCUT2D eigenvalue weighted by molar-refractivity contribution is 0.0342. The highest BCUT2D eigenvalue weighted by Crippen LogP contribution is 2.27. The number of benzene rings is 2. The molecule has 0 aliphatic carbocycles. The van der Waals surface area contributed by atoms with Gasteiger partial charge in [0.25, 0.3) is 0 Å². The molecule has 0 saturated carbocycles. The summed E-state index contributed by atoms with van der Waals surface area (Å²) in [6, 6.07) is 18.1. The van der Waals surface area contributed by atoms with Gasteiger partial charge in [-0.3, -0.25) is 4.90 Å². The van der Waals surface area contributed by atoms with E-state index in [2.05, 4.69) is 44.5 Å². The van der Waals surface area contributed by atoms with E-state index < -0.39 is 0 Å². The summed E-state index contributed by atoms with van der Waals surface area (Å²) in [6.45, 7) is 4.58. The van der Waals surface area contributed by atoms with Crippen LogP contribution in [0.2, 0.25) is 0 Å². The first-order chi connectivity index (χ1) is 13.7. The van der Waals surface area contributed by atoms with E-state index in [4.69, 9.17) is 10.5 Å². The zero-order valence-corrected chi connectivity index (χ0v) is 16.4. The van der Waals surface area contributed by atoms with Gasteiger partial charge in [0.15, 0.2) is 0 Å². The third kappa shape index (κ3) is 5.22. The fourth-order valence-corrected chi connectivity index (χ4v) is 3.73. The molecule has 1 aliphatic heterocycles. The van der Waals surface area contributed by atoms with E-state index in [-0.39, 0.29) is 0 Å². The van der Waals surface area contributed by atoms with E-state index in [0.717, 1.165) is 54.1 Å². The highest BCUT2D eigenvalue weighted by Gasteiger charge is 2.10. The van der Waals surface area contributed by atoms with Crippen molar-refractivity contribution in [2.24, 2.45) is 0 Å². The minimum Gasteiger partial charge on any atom is -0.399 e.